The van der Waals surface area contributed by atoms with Crippen molar-refractivity contribution in [1.82, 2.24) is 5.43 Å². The molecule has 2 N–H and O–H groups in total. The van der Waals surface area contributed by atoms with E-state index in [9.17, 15) is 9.59 Å². The van der Waals surface area contributed by atoms with Crippen molar-refractivity contribution in [2.24, 2.45) is 5.10 Å². The smallest absolute Gasteiger partial charge is 0.335 e. The average Bonchev–Trinajstić information content (AvgIpc) is 2.66. The molecule has 0 fully saturated rings. The molecular weight excluding hydrogens is 412 g/mol. The van der Waals surface area contributed by atoms with Crippen molar-refractivity contribution in [3.05, 3.63) is 63.6 Å². The maximum Gasteiger partial charge on any atom is 0.335 e. The van der Waals surface area contributed by atoms with E-state index in [0.29, 0.717) is 25.0 Å². The first-order valence-electron chi connectivity index (χ1n) is 8.56. The second-order valence-corrected chi connectivity index (χ2v) is 6.65. The van der Waals surface area contributed by atoms with Gasteiger partial charge in [-0.1, -0.05) is 25.1 Å². The predicted molar refractivity (Wildman–Crippen MR) is 107 cm³/mol. The first-order chi connectivity index (χ1) is 13.0. The zero-order valence-corrected chi connectivity index (χ0v) is 16.5. The minimum absolute atomic E-state index is 0.201. The number of benzene rings is 2. The van der Waals surface area contributed by atoms with Crippen molar-refractivity contribution in [3.8, 4) is 5.75 Å². The quantitative estimate of drug-likeness (QED) is 0.355. The monoisotopic (exact) mass is 432 g/mol. The SMILES string of the molecule is CCc1ccc(OCCCC(=O)N/N=C/c2ccc(C(=O)O)cc2)c(Br)c1. The summed E-state index contributed by atoms with van der Waals surface area (Å²) in [6.07, 6.45) is 3.28. The molecule has 2 rings (SSSR count). The molecule has 0 aliphatic carbocycles. The van der Waals surface area contributed by atoms with E-state index in [1.165, 1.54) is 23.9 Å². The Morgan fingerprint density at radius 1 is 1.22 bits per heavy atom. The van der Waals surface area contributed by atoms with Crippen LogP contribution in [0.3, 0.4) is 0 Å². The van der Waals surface area contributed by atoms with E-state index in [2.05, 4.69) is 33.4 Å². The Hall–Kier alpha value is -2.67. The molecule has 2 aromatic rings. The Morgan fingerprint density at radius 3 is 2.59 bits per heavy atom. The number of rotatable bonds is 9. The number of carboxylic acid groups (broad SMARTS) is 1. The number of nitrogens with one attached hydrogen (secondary N) is 1. The highest BCUT2D eigenvalue weighted by Gasteiger charge is 2.04. The Balaban J connectivity index is 1.69. The maximum absolute atomic E-state index is 11.8. The molecule has 1 amide bonds. The van der Waals surface area contributed by atoms with Crippen molar-refractivity contribution in [3.63, 3.8) is 0 Å². The number of carbonyl (C=O) groups excluding carboxylic acids is 1. The van der Waals surface area contributed by atoms with E-state index in [4.69, 9.17) is 9.84 Å². The van der Waals surface area contributed by atoms with E-state index in [-0.39, 0.29) is 11.5 Å². The molecule has 2 aromatic carbocycles. The number of hydrazone groups is 1. The molecule has 0 heterocycles. The lowest BCUT2D eigenvalue weighted by atomic mass is 10.1. The Kier molecular flexibility index (Phi) is 8.00. The standard InChI is InChI=1S/C20H21BrN2O4/c1-2-14-7-10-18(17(21)12-14)27-11-3-4-19(24)23-22-13-15-5-8-16(9-6-15)20(25)26/h5-10,12-13H,2-4,11H2,1H3,(H,23,24)(H,25,26)/b22-13+. The molecule has 0 atom stereocenters. The number of hydrogen-bond acceptors (Lipinski definition) is 4. The summed E-state index contributed by atoms with van der Waals surface area (Å²) >= 11 is 3.48. The second-order valence-electron chi connectivity index (χ2n) is 5.79. The van der Waals surface area contributed by atoms with Crippen LogP contribution in [-0.4, -0.2) is 29.8 Å². The summed E-state index contributed by atoms with van der Waals surface area (Å²) in [5, 5.41) is 12.7. The lowest BCUT2D eigenvalue weighted by Gasteiger charge is -2.09. The molecular formula is C20H21BrN2O4. The largest absolute Gasteiger partial charge is 0.492 e. The molecule has 0 aliphatic heterocycles. The molecule has 7 heteroatoms. The summed E-state index contributed by atoms with van der Waals surface area (Å²) < 4.78 is 6.58. The molecule has 0 bridgehead atoms. The summed E-state index contributed by atoms with van der Waals surface area (Å²) in [5.74, 6) is -0.435. The fourth-order valence-corrected chi connectivity index (χ4v) is 2.78. The zero-order valence-electron chi connectivity index (χ0n) is 14.9. The van der Waals surface area contributed by atoms with E-state index >= 15 is 0 Å². The Morgan fingerprint density at radius 2 is 1.96 bits per heavy atom. The predicted octanol–water partition coefficient (Wildman–Crippen LogP) is 4.02. The molecule has 0 radical (unpaired) electrons. The minimum Gasteiger partial charge on any atom is -0.492 e. The van der Waals surface area contributed by atoms with Crippen LogP contribution in [0.25, 0.3) is 0 Å². The van der Waals surface area contributed by atoms with Gasteiger partial charge in [-0.15, -0.1) is 0 Å². The van der Waals surface area contributed by atoms with Crippen LogP contribution in [0.15, 0.2) is 52.0 Å². The number of halogens is 1. The normalized spacial score (nSPS) is 10.7. The Bertz CT molecular complexity index is 819. The van der Waals surface area contributed by atoms with Gasteiger partial charge in [-0.05, 0) is 64.2 Å². The summed E-state index contributed by atoms with van der Waals surface area (Å²) in [4.78, 5) is 22.5. The summed E-state index contributed by atoms with van der Waals surface area (Å²) in [7, 11) is 0. The third kappa shape index (κ3) is 6.86. The number of amides is 1. The number of ether oxygens (including phenoxy) is 1. The molecule has 142 valence electrons. The first-order valence-corrected chi connectivity index (χ1v) is 9.35. The first kappa shape index (κ1) is 20.6. The van der Waals surface area contributed by atoms with Gasteiger partial charge in [-0.3, -0.25) is 4.79 Å². The minimum atomic E-state index is -0.984. The highest BCUT2D eigenvalue weighted by molar-refractivity contribution is 9.10. The average molecular weight is 433 g/mol. The van der Waals surface area contributed by atoms with Gasteiger partial charge in [-0.25, -0.2) is 10.2 Å². The van der Waals surface area contributed by atoms with E-state index in [1.54, 1.807) is 12.1 Å². The van der Waals surface area contributed by atoms with Crippen LogP contribution in [-0.2, 0) is 11.2 Å². The van der Waals surface area contributed by atoms with Gasteiger partial charge in [0.1, 0.15) is 5.75 Å². The summed E-state index contributed by atoms with van der Waals surface area (Å²) in [6, 6.07) is 12.2. The van der Waals surface area contributed by atoms with Gasteiger partial charge in [-0.2, -0.15) is 5.10 Å². The van der Waals surface area contributed by atoms with Gasteiger partial charge in [0.15, 0.2) is 0 Å². The molecule has 0 aromatic heterocycles. The maximum atomic E-state index is 11.8. The van der Waals surface area contributed by atoms with Crippen LogP contribution in [0, 0.1) is 0 Å². The number of carboxylic acids is 1. The van der Waals surface area contributed by atoms with Crippen LogP contribution >= 0.6 is 15.9 Å². The van der Waals surface area contributed by atoms with Crippen LogP contribution in [0.1, 0.15) is 41.3 Å². The van der Waals surface area contributed by atoms with Crippen molar-refractivity contribution in [2.45, 2.75) is 26.2 Å². The molecule has 27 heavy (non-hydrogen) atoms. The topological polar surface area (TPSA) is 88.0 Å². The van der Waals surface area contributed by atoms with Gasteiger partial charge in [0.2, 0.25) is 5.91 Å². The van der Waals surface area contributed by atoms with Gasteiger partial charge >= 0.3 is 5.97 Å². The summed E-state index contributed by atoms with van der Waals surface area (Å²) in [6.45, 7) is 2.52. The number of hydrogen-bond donors (Lipinski definition) is 2. The highest BCUT2D eigenvalue weighted by atomic mass is 79.9. The number of aromatic carboxylic acids is 1. The molecule has 0 saturated heterocycles. The van der Waals surface area contributed by atoms with Gasteiger partial charge in [0.25, 0.3) is 0 Å². The van der Waals surface area contributed by atoms with Crippen LogP contribution in [0.4, 0.5) is 0 Å². The molecule has 0 saturated carbocycles. The van der Waals surface area contributed by atoms with E-state index in [0.717, 1.165) is 16.6 Å². The third-order valence-electron chi connectivity index (χ3n) is 3.77. The van der Waals surface area contributed by atoms with Crippen molar-refractivity contribution >= 4 is 34.0 Å². The molecule has 6 nitrogen and oxygen atoms in total. The van der Waals surface area contributed by atoms with Crippen LogP contribution < -0.4 is 10.2 Å². The van der Waals surface area contributed by atoms with E-state index in [1.807, 2.05) is 18.2 Å². The van der Waals surface area contributed by atoms with Crippen molar-refractivity contribution < 1.29 is 19.4 Å². The zero-order chi connectivity index (χ0) is 19.6. The summed E-state index contributed by atoms with van der Waals surface area (Å²) in [5.41, 5.74) is 4.57. The van der Waals surface area contributed by atoms with Crippen molar-refractivity contribution in [2.75, 3.05) is 6.61 Å². The molecule has 0 unspecified atom stereocenters. The number of nitrogens with zero attached hydrogens (tertiary/aromatic N) is 1. The third-order valence-corrected chi connectivity index (χ3v) is 4.39. The van der Waals surface area contributed by atoms with Crippen molar-refractivity contribution in [1.29, 1.82) is 0 Å². The van der Waals surface area contributed by atoms with Gasteiger partial charge < -0.3 is 9.84 Å². The number of carbonyl (C=O) groups is 2. The van der Waals surface area contributed by atoms with Crippen LogP contribution in [0.2, 0.25) is 0 Å². The molecule has 0 spiro atoms. The highest BCUT2D eigenvalue weighted by Crippen LogP contribution is 2.26. The fourth-order valence-electron chi connectivity index (χ4n) is 2.24. The lowest BCUT2D eigenvalue weighted by molar-refractivity contribution is -0.121. The van der Waals surface area contributed by atoms with Gasteiger partial charge in [0, 0.05) is 6.42 Å². The second kappa shape index (κ2) is 10.5. The van der Waals surface area contributed by atoms with Gasteiger partial charge in [0.05, 0.1) is 22.9 Å². The molecule has 0 aliphatic rings. The lowest BCUT2D eigenvalue weighted by Crippen LogP contribution is -2.18. The van der Waals surface area contributed by atoms with Crippen LogP contribution in [0.5, 0.6) is 5.75 Å². The van der Waals surface area contributed by atoms with E-state index < -0.39 is 5.97 Å². The fraction of sp³-hybridized carbons (Fsp3) is 0.250. The number of aryl methyl sites for hydroxylation is 1. The Labute approximate surface area is 166 Å².